The van der Waals surface area contributed by atoms with E-state index >= 15 is 0 Å². The second kappa shape index (κ2) is 9.36. The lowest BCUT2D eigenvalue weighted by Gasteiger charge is -1.96. The Balaban J connectivity index is 2.83. The van der Waals surface area contributed by atoms with Crippen molar-refractivity contribution in [3.05, 3.63) is 0 Å². The van der Waals surface area contributed by atoms with Gasteiger partial charge in [0.15, 0.2) is 0 Å². The second-order valence-corrected chi connectivity index (χ2v) is 2.84. The summed E-state index contributed by atoms with van der Waals surface area (Å²) in [5, 5.41) is 0. The summed E-state index contributed by atoms with van der Waals surface area (Å²) >= 11 is 0. The fraction of sp³-hybridized carbons (Fsp3) is 0.800. The van der Waals surface area contributed by atoms with Gasteiger partial charge in [-0.2, -0.15) is 0 Å². The van der Waals surface area contributed by atoms with Crippen LogP contribution >= 0.6 is 0 Å². The molecule has 0 aromatic heterocycles. The van der Waals surface area contributed by atoms with Gasteiger partial charge >= 0.3 is 0 Å². The smallest absolute Gasteiger partial charge is 0.0107 e. The predicted molar refractivity (Wildman–Crippen MR) is 50.0 cm³/mol. The van der Waals surface area contributed by atoms with Crippen LogP contribution in [-0.2, 0) is 0 Å². The zero-order chi connectivity index (χ0) is 8.36. The van der Waals surface area contributed by atoms with Gasteiger partial charge in [0.2, 0.25) is 0 Å². The number of rotatable bonds is 6. The quantitative estimate of drug-likeness (QED) is 0.354. The Hall–Kier alpha value is -0.640. The van der Waals surface area contributed by atoms with Crippen LogP contribution in [0, 0.1) is 12.0 Å². The molecule has 0 saturated heterocycles. The molecule has 0 atom stereocenters. The summed E-state index contributed by atoms with van der Waals surface area (Å²) in [6.45, 7) is 2.24. The molecule has 0 radical (unpaired) electrons. The van der Waals surface area contributed by atoms with Gasteiger partial charge in [0.05, 0.1) is 0 Å². The SMILES string of the molecule is CCCCCCCCC#CN. The third-order valence-corrected chi connectivity index (χ3v) is 1.76. The first-order chi connectivity index (χ1) is 5.41. The minimum Gasteiger partial charge on any atom is -0.359 e. The predicted octanol–water partition coefficient (Wildman–Crippen LogP) is 2.66. The van der Waals surface area contributed by atoms with Crippen molar-refractivity contribution >= 4 is 0 Å². The molecule has 0 aromatic rings. The summed E-state index contributed by atoms with van der Waals surface area (Å²) in [4.78, 5) is 0. The minimum absolute atomic E-state index is 0.975. The molecule has 0 unspecified atom stereocenters. The molecule has 0 heterocycles. The van der Waals surface area contributed by atoms with Crippen molar-refractivity contribution in [1.82, 2.24) is 0 Å². The summed E-state index contributed by atoms with van der Waals surface area (Å²) in [5.74, 6) is 2.87. The number of hydrogen-bond acceptors (Lipinski definition) is 1. The van der Waals surface area contributed by atoms with Crippen molar-refractivity contribution in [1.29, 1.82) is 0 Å². The van der Waals surface area contributed by atoms with Crippen LogP contribution in [0.4, 0.5) is 0 Å². The molecular weight excluding hydrogens is 134 g/mol. The van der Waals surface area contributed by atoms with E-state index < -0.39 is 0 Å². The largest absolute Gasteiger partial charge is 0.359 e. The molecule has 0 spiro atoms. The van der Waals surface area contributed by atoms with Crippen molar-refractivity contribution in [2.75, 3.05) is 0 Å². The van der Waals surface area contributed by atoms with E-state index in [4.69, 9.17) is 5.73 Å². The molecule has 0 fully saturated rings. The maximum Gasteiger partial charge on any atom is 0.0107 e. The van der Waals surface area contributed by atoms with Gasteiger partial charge in [0, 0.05) is 12.5 Å². The van der Waals surface area contributed by atoms with E-state index in [9.17, 15) is 0 Å². The van der Waals surface area contributed by atoms with Gasteiger partial charge < -0.3 is 5.73 Å². The molecule has 64 valence electrons. The average molecular weight is 153 g/mol. The van der Waals surface area contributed by atoms with Crippen LogP contribution in [0.15, 0.2) is 0 Å². The Labute approximate surface area is 70.4 Å². The first kappa shape index (κ1) is 10.4. The van der Waals surface area contributed by atoms with Crippen molar-refractivity contribution in [2.24, 2.45) is 5.73 Å². The molecule has 1 heteroatoms. The van der Waals surface area contributed by atoms with Gasteiger partial charge in [-0.15, -0.1) is 0 Å². The van der Waals surface area contributed by atoms with Gasteiger partial charge in [-0.05, 0) is 6.42 Å². The molecule has 0 bridgehead atoms. The Bertz CT molecular complexity index is 119. The molecule has 0 saturated carbocycles. The minimum atomic E-state index is 0.975. The lowest BCUT2D eigenvalue weighted by molar-refractivity contribution is 0.614. The molecule has 11 heavy (non-hydrogen) atoms. The van der Waals surface area contributed by atoms with Gasteiger partial charge in [0.25, 0.3) is 0 Å². The fourth-order valence-corrected chi connectivity index (χ4v) is 1.07. The number of unbranched alkanes of at least 4 members (excludes halogenated alkanes) is 6. The summed E-state index contributed by atoms with van der Waals surface area (Å²) in [7, 11) is 0. The third kappa shape index (κ3) is 9.36. The molecule has 0 aliphatic rings. The lowest BCUT2D eigenvalue weighted by Crippen LogP contribution is -1.80. The van der Waals surface area contributed by atoms with E-state index in [2.05, 4.69) is 18.9 Å². The standard InChI is InChI=1S/C10H19N/c1-2-3-4-5-6-7-8-9-10-11/h2-8,11H2,1H3. The molecule has 0 aliphatic heterocycles. The molecule has 0 rings (SSSR count). The summed E-state index contributed by atoms with van der Waals surface area (Å²) in [6, 6.07) is 2.42. The van der Waals surface area contributed by atoms with Crippen LogP contribution in [0.5, 0.6) is 0 Å². The van der Waals surface area contributed by atoms with E-state index in [1.165, 1.54) is 38.5 Å². The monoisotopic (exact) mass is 153 g/mol. The fourth-order valence-electron chi connectivity index (χ4n) is 1.07. The van der Waals surface area contributed by atoms with Crippen LogP contribution in [0.3, 0.4) is 0 Å². The van der Waals surface area contributed by atoms with Crippen molar-refractivity contribution in [2.45, 2.75) is 51.9 Å². The average Bonchev–Trinajstić information content (AvgIpc) is 2.03. The highest BCUT2D eigenvalue weighted by Crippen LogP contribution is 2.05. The van der Waals surface area contributed by atoms with E-state index in [1.54, 1.807) is 0 Å². The number of nitrogens with two attached hydrogens (primary N) is 1. The topological polar surface area (TPSA) is 26.0 Å². The van der Waals surface area contributed by atoms with Gasteiger partial charge in [-0.3, -0.25) is 0 Å². The Morgan fingerprint density at radius 2 is 1.64 bits per heavy atom. The van der Waals surface area contributed by atoms with Gasteiger partial charge in [-0.1, -0.05) is 44.9 Å². The van der Waals surface area contributed by atoms with Crippen LogP contribution in [0.25, 0.3) is 0 Å². The van der Waals surface area contributed by atoms with Crippen LogP contribution in [0.1, 0.15) is 51.9 Å². The molecular formula is C10H19N. The normalized spacial score (nSPS) is 8.82. The zero-order valence-electron chi connectivity index (χ0n) is 7.53. The first-order valence-corrected chi connectivity index (χ1v) is 4.60. The van der Waals surface area contributed by atoms with Crippen molar-refractivity contribution in [3.8, 4) is 12.0 Å². The molecule has 0 aromatic carbocycles. The van der Waals surface area contributed by atoms with E-state index in [0.717, 1.165) is 6.42 Å². The van der Waals surface area contributed by atoms with E-state index in [1.807, 2.05) is 0 Å². The second-order valence-electron chi connectivity index (χ2n) is 2.84. The lowest BCUT2D eigenvalue weighted by atomic mass is 10.1. The summed E-state index contributed by atoms with van der Waals surface area (Å²) < 4.78 is 0. The third-order valence-electron chi connectivity index (χ3n) is 1.76. The summed E-state index contributed by atoms with van der Waals surface area (Å²) in [6.07, 6.45) is 8.95. The molecule has 1 nitrogen and oxygen atoms in total. The Morgan fingerprint density at radius 3 is 2.27 bits per heavy atom. The molecule has 2 N–H and O–H groups in total. The summed E-state index contributed by atoms with van der Waals surface area (Å²) in [5.41, 5.74) is 5.03. The Kier molecular flexibility index (Phi) is 8.82. The highest BCUT2D eigenvalue weighted by Gasteiger charge is 1.87. The molecule has 0 aliphatic carbocycles. The van der Waals surface area contributed by atoms with Crippen LogP contribution in [-0.4, -0.2) is 0 Å². The van der Waals surface area contributed by atoms with Crippen LogP contribution in [0.2, 0.25) is 0 Å². The van der Waals surface area contributed by atoms with Gasteiger partial charge in [-0.25, -0.2) is 0 Å². The number of hydrogen-bond donors (Lipinski definition) is 1. The van der Waals surface area contributed by atoms with Crippen molar-refractivity contribution < 1.29 is 0 Å². The van der Waals surface area contributed by atoms with E-state index in [-0.39, 0.29) is 0 Å². The highest BCUT2D eigenvalue weighted by atomic mass is 14.4. The molecule has 0 amide bonds. The maximum atomic E-state index is 5.03. The van der Waals surface area contributed by atoms with E-state index in [0.29, 0.717) is 0 Å². The Morgan fingerprint density at radius 1 is 1.00 bits per heavy atom. The van der Waals surface area contributed by atoms with Crippen molar-refractivity contribution in [3.63, 3.8) is 0 Å². The zero-order valence-corrected chi connectivity index (χ0v) is 7.53. The maximum absolute atomic E-state index is 5.03. The highest BCUT2D eigenvalue weighted by molar-refractivity contribution is 4.92. The van der Waals surface area contributed by atoms with Crippen LogP contribution < -0.4 is 5.73 Å². The van der Waals surface area contributed by atoms with Gasteiger partial charge in [0.1, 0.15) is 0 Å². The first-order valence-electron chi connectivity index (χ1n) is 4.60.